The second kappa shape index (κ2) is 6.47. The third-order valence-corrected chi connectivity index (χ3v) is 4.21. The Labute approximate surface area is 150 Å². The molecule has 4 rings (SSSR count). The number of guanidine groups is 1. The smallest absolute Gasteiger partial charge is 0.259 e. The molecule has 8 heteroatoms. The number of aliphatic imine (C=N–C) groups is 2. The highest BCUT2D eigenvalue weighted by Crippen LogP contribution is 2.38. The molecule has 2 aliphatic rings. The second-order valence-corrected chi connectivity index (χ2v) is 5.71. The Morgan fingerprint density at radius 1 is 1.23 bits per heavy atom. The van der Waals surface area contributed by atoms with Crippen LogP contribution in [0.4, 0.5) is 5.69 Å². The fraction of sp³-hybridized carbons (Fsp3) is 0.222. The molecule has 0 radical (unpaired) electrons. The molecule has 0 fully saturated rings. The third kappa shape index (κ3) is 2.65. The van der Waals surface area contributed by atoms with Crippen molar-refractivity contribution in [2.75, 3.05) is 27.3 Å². The van der Waals surface area contributed by atoms with Crippen LogP contribution >= 0.6 is 0 Å². The van der Waals surface area contributed by atoms with E-state index in [1.807, 2.05) is 11.0 Å². The number of amidine groups is 1. The fourth-order valence-electron chi connectivity index (χ4n) is 2.96. The Morgan fingerprint density at radius 2 is 2.04 bits per heavy atom. The summed E-state index contributed by atoms with van der Waals surface area (Å²) in [5.41, 5.74) is 1.98. The highest BCUT2D eigenvalue weighted by atomic mass is 16.5. The largest absolute Gasteiger partial charge is 0.493 e. The van der Waals surface area contributed by atoms with Crippen LogP contribution in [0, 0.1) is 0 Å². The van der Waals surface area contributed by atoms with Crippen LogP contribution in [-0.4, -0.2) is 54.9 Å². The van der Waals surface area contributed by atoms with Gasteiger partial charge in [0, 0.05) is 30.6 Å². The lowest BCUT2D eigenvalue weighted by Crippen LogP contribution is -2.47. The van der Waals surface area contributed by atoms with Gasteiger partial charge in [0.15, 0.2) is 11.5 Å². The minimum Gasteiger partial charge on any atom is -0.493 e. The zero-order valence-corrected chi connectivity index (χ0v) is 14.4. The van der Waals surface area contributed by atoms with Gasteiger partial charge in [0.1, 0.15) is 5.84 Å². The summed E-state index contributed by atoms with van der Waals surface area (Å²) in [6.45, 7) is 1.28. The number of aromatic nitrogens is 1. The number of pyridine rings is 1. The van der Waals surface area contributed by atoms with Crippen molar-refractivity contribution in [3.8, 4) is 11.5 Å². The van der Waals surface area contributed by atoms with E-state index in [-0.39, 0.29) is 5.91 Å². The van der Waals surface area contributed by atoms with Crippen LogP contribution in [0.2, 0.25) is 0 Å². The van der Waals surface area contributed by atoms with Gasteiger partial charge in [-0.1, -0.05) is 0 Å². The van der Waals surface area contributed by atoms with Crippen LogP contribution in [-0.2, 0) is 0 Å². The maximum Gasteiger partial charge on any atom is 0.259 e. The Morgan fingerprint density at radius 3 is 2.77 bits per heavy atom. The summed E-state index contributed by atoms with van der Waals surface area (Å²) in [5.74, 6) is 2.11. The molecule has 2 aliphatic heterocycles. The highest BCUT2D eigenvalue weighted by molar-refractivity contribution is 6.19. The van der Waals surface area contributed by atoms with Gasteiger partial charge in [-0.3, -0.25) is 25.0 Å². The molecule has 8 nitrogen and oxygen atoms in total. The number of carbonyl (C=O) groups excluding carboxylic acids is 1. The summed E-state index contributed by atoms with van der Waals surface area (Å²) >= 11 is 0. The number of methoxy groups -OCH3 is 2. The topological polar surface area (TPSA) is 88.4 Å². The molecule has 1 N–H and O–H groups in total. The summed E-state index contributed by atoms with van der Waals surface area (Å²) in [6, 6.07) is 7.05. The third-order valence-electron chi connectivity index (χ3n) is 4.21. The Bertz CT molecular complexity index is 924. The molecular weight excluding hydrogens is 334 g/mol. The van der Waals surface area contributed by atoms with E-state index < -0.39 is 0 Å². The summed E-state index contributed by atoms with van der Waals surface area (Å²) in [5, 5.41) is 2.86. The van der Waals surface area contributed by atoms with Gasteiger partial charge < -0.3 is 9.47 Å². The van der Waals surface area contributed by atoms with E-state index in [1.54, 1.807) is 38.6 Å². The molecule has 0 spiro atoms. The zero-order chi connectivity index (χ0) is 18.1. The number of fused-ring (bicyclic) bond motifs is 3. The SMILES string of the molecule is COc1cc2c(cc1OC)C1=NCCN1C(NC(=O)c1cccnc1)=N2. The predicted octanol–water partition coefficient (Wildman–Crippen LogP) is 1.59. The van der Waals surface area contributed by atoms with Crippen LogP contribution in [0.5, 0.6) is 11.5 Å². The Hall–Kier alpha value is -3.42. The summed E-state index contributed by atoms with van der Waals surface area (Å²) < 4.78 is 10.7. The average molecular weight is 351 g/mol. The monoisotopic (exact) mass is 351 g/mol. The fourth-order valence-corrected chi connectivity index (χ4v) is 2.96. The molecule has 0 saturated carbocycles. The van der Waals surface area contributed by atoms with Crippen LogP contribution in [0.1, 0.15) is 15.9 Å². The molecule has 0 aliphatic carbocycles. The summed E-state index contributed by atoms with van der Waals surface area (Å²) in [6.07, 6.45) is 3.13. The quantitative estimate of drug-likeness (QED) is 0.907. The van der Waals surface area contributed by atoms with E-state index in [9.17, 15) is 4.79 Å². The molecule has 0 unspecified atom stereocenters. The maximum absolute atomic E-state index is 12.5. The van der Waals surface area contributed by atoms with Crippen LogP contribution < -0.4 is 14.8 Å². The number of ether oxygens (including phenoxy) is 2. The molecule has 1 amide bonds. The van der Waals surface area contributed by atoms with Gasteiger partial charge in [0.2, 0.25) is 5.96 Å². The molecule has 0 bridgehead atoms. The molecule has 26 heavy (non-hydrogen) atoms. The predicted molar refractivity (Wildman–Crippen MR) is 96.5 cm³/mol. The van der Waals surface area contributed by atoms with Gasteiger partial charge in [0.25, 0.3) is 5.91 Å². The first kappa shape index (κ1) is 16.1. The number of benzene rings is 1. The van der Waals surface area contributed by atoms with Gasteiger partial charge in [-0.2, -0.15) is 0 Å². The lowest BCUT2D eigenvalue weighted by atomic mass is 10.1. The summed E-state index contributed by atoms with van der Waals surface area (Å²) in [4.78, 5) is 27.5. The number of carbonyl (C=O) groups is 1. The lowest BCUT2D eigenvalue weighted by Gasteiger charge is -2.28. The van der Waals surface area contributed by atoms with Crippen molar-refractivity contribution in [1.82, 2.24) is 15.2 Å². The van der Waals surface area contributed by atoms with E-state index in [0.29, 0.717) is 41.8 Å². The number of hydrogen-bond acceptors (Lipinski definition) is 7. The minimum absolute atomic E-state index is 0.271. The number of amides is 1. The standard InChI is InChI=1S/C18H17N5O3/c1-25-14-8-12-13(9-15(14)26-2)21-18(23-7-6-20-16(12)23)22-17(24)11-4-3-5-19-10-11/h3-5,8-10H,6-7H2,1-2H3,(H,21,22,24). The zero-order valence-electron chi connectivity index (χ0n) is 14.4. The molecule has 132 valence electrons. The van der Waals surface area contributed by atoms with E-state index in [1.165, 1.54) is 6.20 Å². The van der Waals surface area contributed by atoms with Crippen molar-refractivity contribution in [1.29, 1.82) is 0 Å². The molecule has 2 aromatic rings. The number of nitrogens with zero attached hydrogens (tertiary/aromatic N) is 4. The number of hydrogen-bond donors (Lipinski definition) is 1. The molecule has 1 aromatic carbocycles. The van der Waals surface area contributed by atoms with E-state index in [0.717, 1.165) is 11.4 Å². The molecule has 0 saturated heterocycles. The first-order valence-corrected chi connectivity index (χ1v) is 8.09. The van der Waals surface area contributed by atoms with E-state index in [2.05, 4.69) is 20.3 Å². The van der Waals surface area contributed by atoms with Crippen molar-refractivity contribution in [3.63, 3.8) is 0 Å². The highest BCUT2D eigenvalue weighted by Gasteiger charge is 2.31. The second-order valence-electron chi connectivity index (χ2n) is 5.71. The van der Waals surface area contributed by atoms with Crippen molar-refractivity contribution < 1.29 is 14.3 Å². The molecular formula is C18H17N5O3. The van der Waals surface area contributed by atoms with Gasteiger partial charge in [-0.05, 0) is 18.2 Å². The van der Waals surface area contributed by atoms with Gasteiger partial charge in [-0.15, -0.1) is 0 Å². The first-order valence-electron chi connectivity index (χ1n) is 8.09. The molecule has 1 aromatic heterocycles. The maximum atomic E-state index is 12.5. The normalized spacial score (nSPS) is 14.8. The summed E-state index contributed by atoms with van der Waals surface area (Å²) in [7, 11) is 3.16. The number of rotatable bonds is 3. The minimum atomic E-state index is -0.271. The van der Waals surface area contributed by atoms with Crippen molar-refractivity contribution in [2.45, 2.75) is 0 Å². The van der Waals surface area contributed by atoms with Crippen LogP contribution in [0.3, 0.4) is 0 Å². The Balaban J connectivity index is 1.74. The lowest BCUT2D eigenvalue weighted by molar-refractivity contribution is 0.0973. The first-order chi connectivity index (χ1) is 12.7. The van der Waals surface area contributed by atoms with Crippen LogP contribution in [0.15, 0.2) is 46.6 Å². The van der Waals surface area contributed by atoms with Crippen LogP contribution in [0.25, 0.3) is 0 Å². The van der Waals surface area contributed by atoms with Crippen molar-refractivity contribution in [3.05, 3.63) is 47.8 Å². The van der Waals surface area contributed by atoms with E-state index in [4.69, 9.17) is 9.47 Å². The molecule has 0 atom stereocenters. The van der Waals surface area contributed by atoms with Gasteiger partial charge in [-0.25, -0.2) is 4.99 Å². The van der Waals surface area contributed by atoms with Gasteiger partial charge >= 0.3 is 0 Å². The molecule has 3 heterocycles. The van der Waals surface area contributed by atoms with Crippen molar-refractivity contribution in [2.24, 2.45) is 9.98 Å². The number of nitrogens with one attached hydrogen (secondary N) is 1. The average Bonchev–Trinajstić information content (AvgIpc) is 3.18. The van der Waals surface area contributed by atoms with Gasteiger partial charge in [0.05, 0.1) is 32.0 Å². The van der Waals surface area contributed by atoms with E-state index >= 15 is 0 Å². The Kier molecular flexibility index (Phi) is 4.00. The van der Waals surface area contributed by atoms with Crippen molar-refractivity contribution >= 4 is 23.4 Å².